The molecular weight excluding hydrogens is 180 g/mol. The molecule has 1 aliphatic carbocycles. The van der Waals surface area contributed by atoms with E-state index in [1.807, 2.05) is 0 Å². The van der Waals surface area contributed by atoms with E-state index in [1.54, 1.807) is 13.8 Å². The maximum absolute atomic E-state index is 11.7. The van der Waals surface area contributed by atoms with Gasteiger partial charge in [-0.05, 0) is 12.8 Å². The van der Waals surface area contributed by atoms with Crippen LogP contribution in [-0.2, 0) is 14.4 Å². The minimum absolute atomic E-state index is 0.00833. The molecule has 0 aliphatic heterocycles. The van der Waals surface area contributed by atoms with E-state index in [0.717, 1.165) is 12.8 Å². The zero-order valence-electron chi connectivity index (χ0n) is 8.71. The quantitative estimate of drug-likeness (QED) is 0.605. The lowest BCUT2D eigenvalue weighted by Crippen LogP contribution is -2.32. The van der Waals surface area contributed by atoms with E-state index >= 15 is 0 Å². The van der Waals surface area contributed by atoms with E-state index in [4.69, 9.17) is 0 Å². The Balaban J connectivity index is 2.74. The number of carbonyl (C=O) groups excluding carboxylic acids is 3. The molecule has 1 fully saturated rings. The van der Waals surface area contributed by atoms with Gasteiger partial charge < -0.3 is 0 Å². The second kappa shape index (κ2) is 4.49. The van der Waals surface area contributed by atoms with Crippen molar-refractivity contribution in [3.8, 4) is 0 Å². The van der Waals surface area contributed by atoms with Gasteiger partial charge >= 0.3 is 0 Å². The summed E-state index contributed by atoms with van der Waals surface area (Å²) in [5.41, 5.74) is 0. The Morgan fingerprint density at radius 3 is 1.79 bits per heavy atom. The van der Waals surface area contributed by atoms with Gasteiger partial charge in [-0.1, -0.05) is 13.8 Å². The van der Waals surface area contributed by atoms with E-state index in [9.17, 15) is 14.4 Å². The molecule has 0 bridgehead atoms. The van der Waals surface area contributed by atoms with Gasteiger partial charge in [-0.25, -0.2) is 0 Å². The molecule has 78 valence electrons. The smallest absolute Gasteiger partial charge is 0.153 e. The first kappa shape index (κ1) is 11.1. The lowest BCUT2D eigenvalue weighted by atomic mass is 9.89. The van der Waals surface area contributed by atoms with Gasteiger partial charge in [-0.2, -0.15) is 0 Å². The molecular formula is C11H16O3. The van der Waals surface area contributed by atoms with E-state index in [0.29, 0.717) is 0 Å². The van der Waals surface area contributed by atoms with Crippen LogP contribution in [0.1, 0.15) is 39.5 Å². The van der Waals surface area contributed by atoms with Gasteiger partial charge in [0.2, 0.25) is 0 Å². The minimum atomic E-state index is -0.947. The van der Waals surface area contributed by atoms with Gasteiger partial charge in [0, 0.05) is 18.8 Å². The maximum atomic E-state index is 11.7. The van der Waals surface area contributed by atoms with Gasteiger partial charge in [0.1, 0.15) is 5.92 Å². The van der Waals surface area contributed by atoms with Crippen molar-refractivity contribution in [3.63, 3.8) is 0 Å². The molecule has 0 atom stereocenters. The molecule has 0 aromatic heterocycles. The largest absolute Gasteiger partial charge is 0.298 e. The molecule has 3 heteroatoms. The lowest BCUT2D eigenvalue weighted by Gasteiger charge is -2.10. The minimum Gasteiger partial charge on any atom is -0.298 e. The number of carbonyl (C=O) groups is 3. The molecule has 0 saturated heterocycles. The molecule has 0 N–H and O–H groups in total. The van der Waals surface area contributed by atoms with Gasteiger partial charge in [-0.15, -0.1) is 0 Å². The van der Waals surface area contributed by atoms with Gasteiger partial charge in [0.25, 0.3) is 0 Å². The van der Waals surface area contributed by atoms with Crippen molar-refractivity contribution in [2.45, 2.75) is 39.5 Å². The first-order chi connectivity index (χ1) is 6.61. The van der Waals surface area contributed by atoms with Crippen LogP contribution in [0.3, 0.4) is 0 Å². The Morgan fingerprint density at radius 2 is 1.50 bits per heavy atom. The summed E-state index contributed by atoms with van der Waals surface area (Å²) < 4.78 is 0. The van der Waals surface area contributed by atoms with Crippen molar-refractivity contribution >= 4 is 17.3 Å². The number of rotatable bonds is 6. The number of Topliss-reactive ketones (excluding diaryl/α,β-unsaturated/α-hetero) is 3. The average molecular weight is 196 g/mol. The highest BCUT2D eigenvalue weighted by atomic mass is 16.2. The van der Waals surface area contributed by atoms with Crippen LogP contribution in [-0.4, -0.2) is 17.3 Å². The molecule has 1 aliphatic rings. The average Bonchev–Trinajstić information content (AvgIpc) is 3.00. The molecule has 0 unspecified atom stereocenters. The van der Waals surface area contributed by atoms with E-state index in [2.05, 4.69) is 0 Å². The predicted octanol–water partition coefficient (Wildman–Crippen LogP) is 1.54. The molecule has 0 heterocycles. The van der Waals surface area contributed by atoms with E-state index in [-0.39, 0.29) is 36.1 Å². The lowest BCUT2D eigenvalue weighted by molar-refractivity contribution is -0.140. The standard InChI is InChI=1S/C11H16O3/c1-3-8(12)10(9(13)4-2)11(14)7-5-6-7/h7,10H,3-6H2,1-2H3. The molecule has 1 saturated carbocycles. The van der Waals surface area contributed by atoms with Gasteiger partial charge in [-0.3, -0.25) is 14.4 Å². The third kappa shape index (κ3) is 2.28. The van der Waals surface area contributed by atoms with Gasteiger partial charge in [0.05, 0.1) is 0 Å². The van der Waals surface area contributed by atoms with Crippen LogP contribution in [0, 0.1) is 11.8 Å². The van der Waals surface area contributed by atoms with Crippen molar-refractivity contribution in [2.24, 2.45) is 11.8 Å². The summed E-state index contributed by atoms with van der Waals surface area (Å²) in [6.45, 7) is 3.39. The van der Waals surface area contributed by atoms with Crippen LogP contribution in [0.2, 0.25) is 0 Å². The highest BCUT2D eigenvalue weighted by molar-refractivity contribution is 6.20. The number of ketones is 3. The first-order valence-electron chi connectivity index (χ1n) is 5.20. The second-order valence-corrected chi connectivity index (χ2v) is 3.75. The van der Waals surface area contributed by atoms with Crippen LogP contribution < -0.4 is 0 Å². The summed E-state index contributed by atoms with van der Waals surface area (Å²) >= 11 is 0. The predicted molar refractivity (Wildman–Crippen MR) is 51.8 cm³/mol. The summed E-state index contributed by atoms with van der Waals surface area (Å²) in [7, 11) is 0. The van der Waals surface area contributed by atoms with Crippen molar-refractivity contribution in [1.82, 2.24) is 0 Å². The monoisotopic (exact) mass is 196 g/mol. The maximum Gasteiger partial charge on any atom is 0.153 e. The zero-order valence-corrected chi connectivity index (χ0v) is 8.71. The van der Waals surface area contributed by atoms with Crippen molar-refractivity contribution < 1.29 is 14.4 Å². The second-order valence-electron chi connectivity index (χ2n) is 3.75. The Morgan fingerprint density at radius 1 is 1.07 bits per heavy atom. The zero-order chi connectivity index (χ0) is 10.7. The van der Waals surface area contributed by atoms with E-state index in [1.165, 1.54) is 0 Å². The fourth-order valence-electron chi connectivity index (χ4n) is 1.51. The molecule has 14 heavy (non-hydrogen) atoms. The van der Waals surface area contributed by atoms with Crippen LogP contribution in [0.4, 0.5) is 0 Å². The third-order valence-corrected chi connectivity index (χ3v) is 2.61. The Bertz CT molecular complexity index is 248. The Hall–Kier alpha value is -0.990. The highest BCUT2D eigenvalue weighted by Crippen LogP contribution is 2.33. The van der Waals surface area contributed by atoms with Crippen molar-refractivity contribution in [3.05, 3.63) is 0 Å². The summed E-state index contributed by atoms with van der Waals surface area (Å²) in [5, 5.41) is 0. The summed E-state index contributed by atoms with van der Waals surface area (Å²) in [5.74, 6) is -1.52. The molecule has 0 amide bonds. The van der Waals surface area contributed by atoms with Crippen molar-refractivity contribution in [2.75, 3.05) is 0 Å². The molecule has 3 nitrogen and oxygen atoms in total. The molecule has 0 spiro atoms. The normalized spacial score (nSPS) is 15.6. The Kier molecular flexibility index (Phi) is 3.55. The van der Waals surface area contributed by atoms with Crippen LogP contribution in [0.25, 0.3) is 0 Å². The molecule has 0 aromatic rings. The topological polar surface area (TPSA) is 51.2 Å². The van der Waals surface area contributed by atoms with Gasteiger partial charge in [0.15, 0.2) is 17.3 Å². The summed E-state index contributed by atoms with van der Waals surface area (Å²) in [6, 6.07) is 0. The number of hydrogen-bond donors (Lipinski definition) is 0. The highest BCUT2D eigenvalue weighted by Gasteiger charge is 2.40. The van der Waals surface area contributed by atoms with E-state index < -0.39 is 5.92 Å². The third-order valence-electron chi connectivity index (χ3n) is 2.61. The van der Waals surface area contributed by atoms with Crippen LogP contribution in [0.15, 0.2) is 0 Å². The molecule has 0 aromatic carbocycles. The first-order valence-corrected chi connectivity index (χ1v) is 5.20. The summed E-state index contributed by atoms with van der Waals surface area (Å²) in [4.78, 5) is 34.6. The van der Waals surface area contributed by atoms with Crippen molar-refractivity contribution in [1.29, 1.82) is 0 Å². The molecule has 1 rings (SSSR count). The Labute approximate surface area is 83.9 Å². The van der Waals surface area contributed by atoms with Crippen LogP contribution >= 0.6 is 0 Å². The fraction of sp³-hybridized carbons (Fsp3) is 0.727. The molecule has 0 radical (unpaired) electrons. The fourth-order valence-corrected chi connectivity index (χ4v) is 1.51. The summed E-state index contributed by atoms with van der Waals surface area (Å²) in [6.07, 6.45) is 2.25. The SMILES string of the molecule is CCC(=O)C(C(=O)CC)C(=O)C1CC1. The number of hydrogen-bond acceptors (Lipinski definition) is 3. The van der Waals surface area contributed by atoms with Crippen LogP contribution in [0.5, 0.6) is 0 Å².